The molecule has 0 saturated carbocycles. The lowest BCUT2D eigenvalue weighted by Gasteiger charge is -2.31. The molecule has 2 amide bonds. The van der Waals surface area contributed by atoms with Gasteiger partial charge in [0.05, 0.1) is 0 Å². The van der Waals surface area contributed by atoms with E-state index in [1.807, 2.05) is 56.3 Å². The highest BCUT2D eigenvalue weighted by Crippen LogP contribution is 2.21. The number of carbonyl (C=O) groups is 2. The van der Waals surface area contributed by atoms with Gasteiger partial charge in [0.1, 0.15) is 6.04 Å². The molecule has 2 rings (SSSR count). The molecular weight excluding hydrogens is 404 g/mol. The largest absolute Gasteiger partial charge is 0.355 e. The number of halogens is 1. The van der Waals surface area contributed by atoms with Crippen LogP contribution in [0.4, 0.5) is 0 Å². The molecule has 2 aromatic rings. The molecule has 0 saturated heterocycles. The predicted octanol–water partition coefficient (Wildman–Crippen LogP) is 4.91. The lowest BCUT2D eigenvalue weighted by Crippen LogP contribution is -2.49. The fourth-order valence-corrected chi connectivity index (χ4v) is 4.18. The van der Waals surface area contributed by atoms with Crippen LogP contribution in [0.5, 0.6) is 0 Å². The number of nitrogens with one attached hydrogen (secondary N) is 1. The summed E-state index contributed by atoms with van der Waals surface area (Å²) in [6, 6.07) is 17.2. The Morgan fingerprint density at radius 2 is 1.76 bits per heavy atom. The normalized spacial score (nSPS) is 11.7. The van der Waals surface area contributed by atoms with Crippen molar-refractivity contribution in [1.82, 2.24) is 10.2 Å². The highest BCUT2D eigenvalue weighted by molar-refractivity contribution is 7.98. The average molecular weight is 433 g/mol. The van der Waals surface area contributed by atoms with Gasteiger partial charge in [-0.25, -0.2) is 0 Å². The quantitative estimate of drug-likeness (QED) is 0.513. The van der Waals surface area contributed by atoms with Crippen LogP contribution < -0.4 is 5.32 Å². The summed E-state index contributed by atoms with van der Waals surface area (Å²) in [4.78, 5) is 27.3. The number of hydrogen-bond acceptors (Lipinski definition) is 3. The Bertz CT molecular complexity index is 785. The number of nitrogens with zero attached hydrogens (tertiary/aromatic N) is 1. The van der Waals surface area contributed by atoms with Gasteiger partial charge in [-0.3, -0.25) is 9.59 Å². The number of amides is 2. The molecule has 0 bridgehead atoms. The van der Waals surface area contributed by atoms with E-state index in [0.29, 0.717) is 36.7 Å². The molecule has 29 heavy (non-hydrogen) atoms. The minimum Gasteiger partial charge on any atom is -0.355 e. The van der Waals surface area contributed by atoms with E-state index in [9.17, 15) is 9.59 Å². The SMILES string of the molecule is CCNC(=O)C(CC)N(Cc1ccccc1Cl)C(=O)CCSCc1ccccc1. The van der Waals surface area contributed by atoms with Gasteiger partial charge in [0.2, 0.25) is 11.8 Å². The molecule has 0 aromatic heterocycles. The summed E-state index contributed by atoms with van der Waals surface area (Å²) in [5, 5.41) is 3.46. The Morgan fingerprint density at radius 1 is 1.07 bits per heavy atom. The van der Waals surface area contributed by atoms with Crippen LogP contribution in [0.3, 0.4) is 0 Å². The van der Waals surface area contributed by atoms with Crippen molar-refractivity contribution in [1.29, 1.82) is 0 Å². The van der Waals surface area contributed by atoms with E-state index in [1.54, 1.807) is 16.7 Å². The number of carbonyl (C=O) groups excluding carboxylic acids is 2. The molecular formula is C23H29ClN2O2S. The molecule has 6 heteroatoms. The van der Waals surface area contributed by atoms with Crippen LogP contribution in [-0.2, 0) is 21.9 Å². The van der Waals surface area contributed by atoms with Gasteiger partial charge >= 0.3 is 0 Å². The van der Waals surface area contributed by atoms with Gasteiger partial charge in [0, 0.05) is 36.0 Å². The van der Waals surface area contributed by atoms with E-state index in [0.717, 1.165) is 11.3 Å². The second kappa shape index (κ2) is 12.6. The van der Waals surface area contributed by atoms with Crippen molar-refractivity contribution in [2.24, 2.45) is 0 Å². The Hall–Kier alpha value is -1.98. The van der Waals surface area contributed by atoms with E-state index in [4.69, 9.17) is 11.6 Å². The van der Waals surface area contributed by atoms with E-state index < -0.39 is 6.04 Å². The summed E-state index contributed by atoms with van der Waals surface area (Å²) in [5.74, 6) is 1.43. The fraction of sp³-hybridized carbons (Fsp3) is 0.391. The van der Waals surface area contributed by atoms with Crippen molar-refractivity contribution in [2.45, 2.75) is 45.0 Å². The molecule has 0 spiro atoms. The van der Waals surface area contributed by atoms with Crippen molar-refractivity contribution < 1.29 is 9.59 Å². The molecule has 4 nitrogen and oxygen atoms in total. The van der Waals surface area contributed by atoms with Crippen LogP contribution in [0.2, 0.25) is 5.02 Å². The minimum absolute atomic E-state index is 0.0245. The molecule has 156 valence electrons. The van der Waals surface area contributed by atoms with Gasteiger partial charge in [0.25, 0.3) is 0 Å². The highest BCUT2D eigenvalue weighted by atomic mass is 35.5. The number of benzene rings is 2. The summed E-state index contributed by atoms with van der Waals surface area (Å²) >= 11 is 8.04. The molecule has 1 unspecified atom stereocenters. The van der Waals surface area contributed by atoms with Crippen LogP contribution in [0.15, 0.2) is 54.6 Å². The zero-order valence-electron chi connectivity index (χ0n) is 17.1. The first-order valence-electron chi connectivity index (χ1n) is 9.99. The Labute approximate surface area is 183 Å². The van der Waals surface area contributed by atoms with Gasteiger partial charge in [-0.1, -0.05) is 67.1 Å². The average Bonchev–Trinajstić information content (AvgIpc) is 2.73. The van der Waals surface area contributed by atoms with Gasteiger partial charge < -0.3 is 10.2 Å². The van der Waals surface area contributed by atoms with Gasteiger partial charge in [-0.2, -0.15) is 11.8 Å². The topological polar surface area (TPSA) is 49.4 Å². The molecule has 2 aromatic carbocycles. The Kier molecular flexibility index (Phi) is 10.1. The molecule has 0 fully saturated rings. The van der Waals surface area contributed by atoms with E-state index in [-0.39, 0.29) is 11.8 Å². The molecule has 0 aliphatic heterocycles. The summed E-state index contributed by atoms with van der Waals surface area (Å²) in [5.41, 5.74) is 2.09. The summed E-state index contributed by atoms with van der Waals surface area (Å²) in [6.45, 7) is 4.68. The Balaban J connectivity index is 2.05. The number of thioether (sulfide) groups is 1. The fourth-order valence-electron chi connectivity index (χ4n) is 3.09. The Morgan fingerprint density at radius 3 is 2.41 bits per heavy atom. The van der Waals surface area contributed by atoms with Crippen molar-refractivity contribution in [3.05, 3.63) is 70.7 Å². The van der Waals surface area contributed by atoms with E-state index in [1.165, 1.54) is 5.56 Å². The maximum absolute atomic E-state index is 13.1. The van der Waals surface area contributed by atoms with Crippen LogP contribution in [0, 0.1) is 0 Å². The van der Waals surface area contributed by atoms with Crippen LogP contribution in [0.1, 0.15) is 37.8 Å². The molecule has 0 radical (unpaired) electrons. The molecule has 0 aliphatic carbocycles. The maximum Gasteiger partial charge on any atom is 0.242 e. The monoisotopic (exact) mass is 432 g/mol. The van der Waals surface area contributed by atoms with Gasteiger partial charge in [-0.15, -0.1) is 0 Å². The van der Waals surface area contributed by atoms with Crippen molar-refractivity contribution in [3.8, 4) is 0 Å². The maximum atomic E-state index is 13.1. The number of rotatable bonds is 11. The van der Waals surface area contributed by atoms with Crippen molar-refractivity contribution in [2.75, 3.05) is 12.3 Å². The first-order valence-corrected chi connectivity index (χ1v) is 11.5. The van der Waals surface area contributed by atoms with Gasteiger partial charge in [0.15, 0.2) is 0 Å². The van der Waals surface area contributed by atoms with E-state index >= 15 is 0 Å². The predicted molar refractivity (Wildman–Crippen MR) is 122 cm³/mol. The highest BCUT2D eigenvalue weighted by Gasteiger charge is 2.28. The third-order valence-electron chi connectivity index (χ3n) is 4.61. The molecule has 0 heterocycles. The van der Waals surface area contributed by atoms with E-state index in [2.05, 4.69) is 17.4 Å². The first kappa shape index (κ1) is 23.3. The van der Waals surface area contributed by atoms with Crippen molar-refractivity contribution in [3.63, 3.8) is 0 Å². The summed E-state index contributed by atoms with van der Waals surface area (Å²) in [6.07, 6.45) is 0.942. The third-order valence-corrected chi connectivity index (χ3v) is 6.01. The second-order valence-corrected chi connectivity index (χ2v) is 8.23. The number of hydrogen-bond donors (Lipinski definition) is 1. The number of likely N-dealkylation sites (N-methyl/N-ethyl adjacent to an activating group) is 1. The standard InChI is InChI=1S/C23H29ClN2O2S/c1-3-21(23(28)25-4-2)26(16-19-12-8-9-13-20(19)24)22(27)14-15-29-17-18-10-6-5-7-11-18/h5-13,21H,3-4,14-17H2,1-2H3,(H,25,28). The van der Waals surface area contributed by atoms with Crippen molar-refractivity contribution >= 4 is 35.2 Å². The zero-order valence-corrected chi connectivity index (χ0v) is 18.6. The smallest absolute Gasteiger partial charge is 0.242 e. The minimum atomic E-state index is -0.502. The van der Waals surface area contributed by atoms with Crippen LogP contribution in [0.25, 0.3) is 0 Å². The molecule has 1 atom stereocenters. The molecule has 0 aliphatic rings. The second-order valence-electron chi connectivity index (χ2n) is 6.72. The summed E-state index contributed by atoms with van der Waals surface area (Å²) < 4.78 is 0. The first-order chi connectivity index (χ1) is 14.1. The zero-order chi connectivity index (χ0) is 21.1. The van der Waals surface area contributed by atoms with Crippen LogP contribution >= 0.6 is 23.4 Å². The van der Waals surface area contributed by atoms with Crippen LogP contribution in [-0.4, -0.2) is 35.1 Å². The lowest BCUT2D eigenvalue weighted by atomic mass is 10.1. The molecule has 1 N–H and O–H groups in total. The lowest BCUT2D eigenvalue weighted by molar-refractivity contribution is -0.141. The third kappa shape index (κ3) is 7.41. The van der Waals surface area contributed by atoms with Gasteiger partial charge in [-0.05, 0) is 30.5 Å². The summed E-state index contributed by atoms with van der Waals surface area (Å²) in [7, 11) is 0.